The molecule has 1 aromatic rings. The van der Waals surface area contributed by atoms with E-state index >= 15 is 0 Å². The molecule has 0 saturated heterocycles. The summed E-state index contributed by atoms with van der Waals surface area (Å²) in [5.41, 5.74) is 4.42. The molecule has 0 aromatic carbocycles. The Hall–Kier alpha value is -0.850. The Morgan fingerprint density at radius 2 is 2.17 bits per heavy atom. The minimum Gasteiger partial charge on any atom is -0.261 e. The summed E-state index contributed by atoms with van der Waals surface area (Å²) in [5.74, 6) is 0. The predicted octanol–water partition coefficient (Wildman–Crippen LogP) is 2.52. The maximum absolute atomic E-state index is 4.43. The monoisotopic (exact) mass is 161 g/mol. The average molecular weight is 161 g/mol. The summed E-state index contributed by atoms with van der Waals surface area (Å²) in [6, 6.07) is 2.17. The van der Waals surface area contributed by atoms with Crippen LogP contribution in [0.5, 0.6) is 0 Å². The zero-order valence-corrected chi connectivity index (χ0v) is 7.64. The molecule has 1 nitrogen and oxygen atoms in total. The first-order chi connectivity index (χ1) is 5.92. The van der Waals surface area contributed by atoms with Crippen molar-refractivity contribution in [3.63, 3.8) is 0 Å². The Morgan fingerprint density at radius 3 is 3.00 bits per heavy atom. The van der Waals surface area contributed by atoms with Crippen molar-refractivity contribution in [1.82, 2.24) is 4.98 Å². The molecule has 0 bridgehead atoms. The van der Waals surface area contributed by atoms with Gasteiger partial charge in [0.05, 0.1) is 0 Å². The summed E-state index contributed by atoms with van der Waals surface area (Å²) in [7, 11) is 0. The molecule has 1 aromatic heterocycles. The molecule has 0 saturated carbocycles. The number of nitrogens with zero attached hydrogens (tertiary/aromatic N) is 1. The highest BCUT2D eigenvalue weighted by atomic mass is 14.7. The highest BCUT2D eigenvalue weighted by Gasteiger charge is 2.12. The van der Waals surface area contributed by atoms with Crippen LogP contribution in [-0.4, -0.2) is 4.98 Å². The molecule has 1 heteroatoms. The van der Waals surface area contributed by atoms with Crippen LogP contribution < -0.4 is 0 Å². The van der Waals surface area contributed by atoms with Crippen molar-refractivity contribution in [1.29, 1.82) is 0 Å². The van der Waals surface area contributed by atoms with Gasteiger partial charge in [0.1, 0.15) is 0 Å². The minimum atomic E-state index is 1.16. The predicted molar refractivity (Wildman–Crippen MR) is 50.3 cm³/mol. The molecule has 0 N–H and O–H groups in total. The van der Waals surface area contributed by atoms with Crippen molar-refractivity contribution in [2.75, 3.05) is 0 Å². The van der Waals surface area contributed by atoms with Gasteiger partial charge in [-0.05, 0) is 49.3 Å². The fourth-order valence-corrected chi connectivity index (χ4v) is 2.03. The van der Waals surface area contributed by atoms with Gasteiger partial charge in [-0.2, -0.15) is 0 Å². The third kappa shape index (κ3) is 1.24. The lowest BCUT2D eigenvalue weighted by atomic mass is 9.91. The molecule has 1 heterocycles. The van der Waals surface area contributed by atoms with Crippen LogP contribution in [0.2, 0.25) is 0 Å². The molecule has 0 amide bonds. The van der Waals surface area contributed by atoms with Crippen LogP contribution in [0.25, 0.3) is 0 Å². The fraction of sp³-hybridized carbons (Fsp3) is 0.545. The summed E-state index contributed by atoms with van der Waals surface area (Å²) in [6.07, 6.45) is 8.25. The van der Waals surface area contributed by atoms with E-state index in [-0.39, 0.29) is 0 Å². The molecule has 0 atom stereocenters. The Labute approximate surface area is 73.8 Å². The van der Waals surface area contributed by atoms with E-state index in [2.05, 4.69) is 18.0 Å². The van der Waals surface area contributed by atoms with Crippen molar-refractivity contribution in [2.24, 2.45) is 0 Å². The summed E-state index contributed by atoms with van der Waals surface area (Å²) in [4.78, 5) is 4.43. The largest absolute Gasteiger partial charge is 0.261 e. The zero-order valence-electron chi connectivity index (χ0n) is 7.64. The number of aryl methyl sites for hydroxylation is 2. The van der Waals surface area contributed by atoms with E-state index in [1.165, 1.54) is 36.9 Å². The van der Waals surface area contributed by atoms with Crippen molar-refractivity contribution < 1.29 is 0 Å². The molecule has 1 aliphatic rings. The molecular formula is C11H15N. The number of hydrogen-bond donors (Lipinski definition) is 0. The molecule has 0 fully saturated rings. The van der Waals surface area contributed by atoms with E-state index in [1.54, 1.807) is 5.56 Å². The highest BCUT2D eigenvalue weighted by molar-refractivity contribution is 5.31. The Bertz CT molecular complexity index is 264. The van der Waals surface area contributed by atoms with E-state index in [4.69, 9.17) is 0 Å². The summed E-state index contributed by atoms with van der Waals surface area (Å²) < 4.78 is 0. The smallest absolute Gasteiger partial charge is 0.0438 e. The molecule has 1 aliphatic carbocycles. The second-order valence-electron chi connectivity index (χ2n) is 3.46. The Balaban J connectivity index is 2.44. The number of hydrogen-bond acceptors (Lipinski definition) is 1. The first kappa shape index (κ1) is 7.78. The summed E-state index contributed by atoms with van der Waals surface area (Å²) >= 11 is 0. The van der Waals surface area contributed by atoms with E-state index in [1.807, 2.05) is 6.20 Å². The van der Waals surface area contributed by atoms with Gasteiger partial charge in [-0.1, -0.05) is 6.92 Å². The van der Waals surface area contributed by atoms with Crippen molar-refractivity contribution in [3.8, 4) is 0 Å². The van der Waals surface area contributed by atoms with Crippen LogP contribution in [0.15, 0.2) is 12.3 Å². The molecule has 2 rings (SSSR count). The first-order valence-corrected chi connectivity index (χ1v) is 4.87. The van der Waals surface area contributed by atoms with Crippen molar-refractivity contribution in [2.45, 2.75) is 39.0 Å². The zero-order chi connectivity index (χ0) is 8.39. The van der Waals surface area contributed by atoms with Gasteiger partial charge in [0.25, 0.3) is 0 Å². The molecule has 0 unspecified atom stereocenters. The lowest BCUT2D eigenvalue weighted by molar-refractivity contribution is 0.661. The number of pyridine rings is 1. The number of rotatable bonds is 1. The molecule has 0 radical (unpaired) electrons. The second kappa shape index (κ2) is 3.26. The van der Waals surface area contributed by atoms with Crippen molar-refractivity contribution >= 4 is 0 Å². The van der Waals surface area contributed by atoms with Gasteiger partial charge in [0.2, 0.25) is 0 Å². The average Bonchev–Trinajstić information content (AvgIpc) is 2.17. The molecule has 64 valence electrons. The SMILES string of the molecule is CCc1ccnc2c1CCCC2. The maximum Gasteiger partial charge on any atom is 0.0438 e. The molecule has 12 heavy (non-hydrogen) atoms. The first-order valence-electron chi connectivity index (χ1n) is 4.87. The van der Waals surface area contributed by atoms with Gasteiger partial charge in [0, 0.05) is 11.9 Å². The molecular weight excluding hydrogens is 146 g/mol. The fourth-order valence-electron chi connectivity index (χ4n) is 2.03. The van der Waals surface area contributed by atoms with Gasteiger partial charge >= 0.3 is 0 Å². The van der Waals surface area contributed by atoms with E-state index in [0.717, 1.165) is 6.42 Å². The standard InChI is InChI=1S/C11H15N/c1-2-9-7-8-12-11-6-4-3-5-10(9)11/h7-8H,2-6H2,1H3. The van der Waals surface area contributed by atoms with E-state index in [9.17, 15) is 0 Å². The quantitative estimate of drug-likeness (QED) is 0.616. The van der Waals surface area contributed by atoms with Crippen LogP contribution in [0, 0.1) is 0 Å². The molecule has 0 aliphatic heterocycles. The summed E-state index contributed by atoms with van der Waals surface area (Å²) in [5, 5.41) is 0. The van der Waals surface area contributed by atoms with Crippen LogP contribution >= 0.6 is 0 Å². The lowest BCUT2D eigenvalue weighted by Crippen LogP contribution is -2.07. The van der Waals surface area contributed by atoms with E-state index < -0.39 is 0 Å². The minimum absolute atomic E-state index is 1.16. The van der Waals surface area contributed by atoms with Crippen molar-refractivity contribution in [3.05, 3.63) is 29.1 Å². The Kier molecular flexibility index (Phi) is 2.11. The lowest BCUT2D eigenvalue weighted by Gasteiger charge is -2.17. The van der Waals surface area contributed by atoms with Crippen LogP contribution in [0.1, 0.15) is 36.6 Å². The van der Waals surface area contributed by atoms with Gasteiger partial charge in [-0.3, -0.25) is 4.98 Å². The third-order valence-corrected chi connectivity index (χ3v) is 2.71. The number of aromatic nitrogens is 1. The van der Waals surface area contributed by atoms with E-state index in [0.29, 0.717) is 0 Å². The molecule has 0 spiro atoms. The third-order valence-electron chi connectivity index (χ3n) is 2.71. The normalized spacial score (nSPS) is 15.8. The Morgan fingerprint density at radius 1 is 1.33 bits per heavy atom. The van der Waals surface area contributed by atoms with Gasteiger partial charge in [-0.25, -0.2) is 0 Å². The van der Waals surface area contributed by atoms with Gasteiger partial charge < -0.3 is 0 Å². The highest BCUT2D eigenvalue weighted by Crippen LogP contribution is 2.22. The van der Waals surface area contributed by atoms with Crippen LogP contribution in [-0.2, 0) is 19.3 Å². The van der Waals surface area contributed by atoms with Crippen LogP contribution in [0.4, 0.5) is 0 Å². The second-order valence-corrected chi connectivity index (χ2v) is 3.46. The number of fused-ring (bicyclic) bond motifs is 1. The van der Waals surface area contributed by atoms with Gasteiger partial charge in [-0.15, -0.1) is 0 Å². The topological polar surface area (TPSA) is 12.9 Å². The maximum atomic E-state index is 4.43. The summed E-state index contributed by atoms with van der Waals surface area (Å²) in [6.45, 7) is 2.23. The van der Waals surface area contributed by atoms with Gasteiger partial charge in [0.15, 0.2) is 0 Å². The van der Waals surface area contributed by atoms with Crippen LogP contribution in [0.3, 0.4) is 0 Å².